The molecule has 0 saturated heterocycles. The van der Waals surface area contributed by atoms with Crippen molar-refractivity contribution in [1.82, 2.24) is 24.9 Å². The minimum Gasteiger partial charge on any atom is -0.394 e. The summed E-state index contributed by atoms with van der Waals surface area (Å²) in [6, 6.07) is 4.46. The fourth-order valence-electron chi connectivity index (χ4n) is 3.51. The Morgan fingerprint density at radius 3 is 2.61 bits per heavy atom. The van der Waals surface area contributed by atoms with Gasteiger partial charge in [-0.05, 0) is 24.6 Å². The van der Waals surface area contributed by atoms with Crippen LogP contribution in [0.5, 0.6) is 0 Å². The SMILES string of the molecule is CCC(CO)n1ncc(-c2onc(-c3c(F)cccc3Cl)c2-c2ccncn2)c1C(F)(F)F. The quantitative estimate of drug-likeness (QED) is 0.370. The Balaban J connectivity index is 2.04. The van der Waals surface area contributed by atoms with Crippen LogP contribution < -0.4 is 0 Å². The highest BCUT2D eigenvalue weighted by Gasteiger charge is 2.42. The van der Waals surface area contributed by atoms with Crippen LogP contribution in [0.1, 0.15) is 25.1 Å². The Morgan fingerprint density at radius 1 is 1.21 bits per heavy atom. The summed E-state index contributed by atoms with van der Waals surface area (Å²) < 4.78 is 63.2. The highest BCUT2D eigenvalue weighted by atomic mass is 35.5. The Kier molecular flexibility index (Phi) is 6.17. The second kappa shape index (κ2) is 8.91. The van der Waals surface area contributed by atoms with Crippen LogP contribution in [0, 0.1) is 5.82 Å². The molecule has 0 aliphatic carbocycles. The number of aliphatic hydroxyl groups excluding tert-OH is 1. The van der Waals surface area contributed by atoms with Gasteiger partial charge in [-0.15, -0.1) is 0 Å². The lowest BCUT2D eigenvalue weighted by molar-refractivity contribution is -0.144. The third-order valence-corrected chi connectivity index (χ3v) is 5.38. The zero-order chi connectivity index (χ0) is 23.8. The molecule has 0 amide bonds. The molecule has 1 N–H and O–H groups in total. The zero-order valence-electron chi connectivity index (χ0n) is 17.0. The summed E-state index contributed by atoms with van der Waals surface area (Å²) in [5.41, 5.74) is -1.71. The summed E-state index contributed by atoms with van der Waals surface area (Å²) in [5, 5.41) is 17.3. The van der Waals surface area contributed by atoms with Crippen molar-refractivity contribution in [3.8, 4) is 33.8 Å². The third kappa shape index (κ3) is 4.09. The number of halogens is 5. The van der Waals surface area contributed by atoms with E-state index in [1.165, 1.54) is 30.7 Å². The molecule has 3 aromatic heterocycles. The van der Waals surface area contributed by atoms with Gasteiger partial charge in [-0.1, -0.05) is 29.7 Å². The van der Waals surface area contributed by atoms with Gasteiger partial charge in [0.05, 0.1) is 46.3 Å². The Bertz CT molecular complexity index is 1250. The van der Waals surface area contributed by atoms with Crippen molar-refractivity contribution in [3.63, 3.8) is 0 Å². The van der Waals surface area contributed by atoms with Gasteiger partial charge < -0.3 is 9.63 Å². The van der Waals surface area contributed by atoms with Gasteiger partial charge in [-0.3, -0.25) is 4.68 Å². The Hall–Kier alpha value is -3.31. The van der Waals surface area contributed by atoms with E-state index in [4.69, 9.17) is 16.1 Å². The van der Waals surface area contributed by atoms with Crippen molar-refractivity contribution in [1.29, 1.82) is 0 Å². The molecule has 0 fully saturated rings. The van der Waals surface area contributed by atoms with Crippen LogP contribution in [-0.4, -0.2) is 36.6 Å². The minimum absolute atomic E-state index is 0.00787. The molecule has 7 nitrogen and oxygen atoms in total. The third-order valence-electron chi connectivity index (χ3n) is 5.07. The lowest BCUT2D eigenvalue weighted by Gasteiger charge is -2.18. The van der Waals surface area contributed by atoms with Gasteiger partial charge in [-0.25, -0.2) is 14.4 Å². The van der Waals surface area contributed by atoms with Crippen molar-refractivity contribution >= 4 is 11.6 Å². The summed E-state index contributed by atoms with van der Waals surface area (Å²) in [5.74, 6) is -1.06. The van der Waals surface area contributed by atoms with Gasteiger partial charge in [0.2, 0.25) is 0 Å². The lowest BCUT2D eigenvalue weighted by Crippen LogP contribution is -2.22. The predicted octanol–water partition coefficient (Wildman–Crippen LogP) is 5.42. The molecular formula is C21H16ClF4N5O2. The Labute approximate surface area is 189 Å². The highest BCUT2D eigenvalue weighted by molar-refractivity contribution is 6.33. The van der Waals surface area contributed by atoms with Crippen LogP contribution >= 0.6 is 11.6 Å². The molecule has 172 valence electrons. The predicted molar refractivity (Wildman–Crippen MR) is 111 cm³/mol. The summed E-state index contributed by atoms with van der Waals surface area (Å²) in [6.45, 7) is 1.08. The van der Waals surface area contributed by atoms with E-state index in [0.29, 0.717) is 4.68 Å². The summed E-state index contributed by atoms with van der Waals surface area (Å²) in [7, 11) is 0. The van der Waals surface area contributed by atoms with E-state index in [1.807, 2.05) is 0 Å². The molecule has 1 aromatic carbocycles. The van der Waals surface area contributed by atoms with E-state index < -0.39 is 35.9 Å². The van der Waals surface area contributed by atoms with Crippen molar-refractivity contribution in [2.45, 2.75) is 25.6 Å². The molecule has 33 heavy (non-hydrogen) atoms. The Morgan fingerprint density at radius 2 is 2.00 bits per heavy atom. The van der Waals surface area contributed by atoms with E-state index in [0.717, 1.165) is 12.3 Å². The highest BCUT2D eigenvalue weighted by Crippen LogP contribution is 2.46. The molecule has 0 spiro atoms. The molecule has 4 aromatic rings. The van der Waals surface area contributed by atoms with Crippen molar-refractivity contribution in [2.24, 2.45) is 0 Å². The molecular weight excluding hydrogens is 466 g/mol. The molecule has 1 unspecified atom stereocenters. The van der Waals surface area contributed by atoms with E-state index in [-0.39, 0.29) is 39.7 Å². The maximum atomic E-state index is 14.7. The summed E-state index contributed by atoms with van der Waals surface area (Å²) in [6.07, 6.45) is -1.12. The van der Waals surface area contributed by atoms with Crippen LogP contribution in [0.25, 0.3) is 33.8 Å². The topological polar surface area (TPSA) is 89.9 Å². The van der Waals surface area contributed by atoms with Crippen LogP contribution in [0.4, 0.5) is 17.6 Å². The number of rotatable bonds is 6. The number of benzene rings is 1. The number of hydrogen-bond donors (Lipinski definition) is 1. The first-order valence-electron chi connectivity index (χ1n) is 9.74. The van der Waals surface area contributed by atoms with E-state index in [1.54, 1.807) is 6.92 Å². The van der Waals surface area contributed by atoms with Gasteiger partial charge in [0.15, 0.2) is 11.5 Å². The van der Waals surface area contributed by atoms with Gasteiger partial charge in [-0.2, -0.15) is 18.3 Å². The zero-order valence-corrected chi connectivity index (χ0v) is 17.8. The fourth-order valence-corrected chi connectivity index (χ4v) is 3.76. The molecule has 0 aliphatic rings. The van der Waals surface area contributed by atoms with Crippen molar-refractivity contribution < 1.29 is 27.2 Å². The fraction of sp³-hybridized carbons (Fsp3) is 0.238. The largest absolute Gasteiger partial charge is 0.433 e. The normalized spacial score (nSPS) is 12.8. The molecule has 0 bridgehead atoms. The van der Waals surface area contributed by atoms with Crippen molar-refractivity contribution in [2.75, 3.05) is 6.61 Å². The average Bonchev–Trinajstić information content (AvgIpc) is 3.40. The van der Waals surface area contributed by atoms with Gasteiger partial charge in [0, 0.05) is 6.20 Å². The maximum absolute atomic E-state index is 14.7. The maximum Gasteiger partial charge on any atom is 0.433 e. The second-order valence-corrected chi connectivity index (χ2v) is 7.43. The van der Waals surface area contributed by atoms with Gasteiger partial charge in [0.1, 0.15) is 17.8 Å². The monoisotopic (exact) mass is 481 g/mol. The minimum atomic E-state index is -4.85. The smallest absolute Gasteiger partial charge is 0.394 e. The van der Waals surface area contributed by atoms with E-state index in [2.05, 4.69) is 20.2 Å². The van der Waals surface area contributed by atoms with Gasteiger partial charge >= 0.3 is 6.18 Å². The van der Waals surface area contributed by atoms with Crippen LogP contribution in [-0.2, 0) is 6.18 Å². The molecule has 3 heterocycles. The van der Waals surface area contributed by atoms with Crippen LogP contribution in [0.2, 0.25) is 5.02 Å². The number of aliphatic hydroxyl groups is 1. The standard InChI is InChI=1S/C21H16ClF4N5O2/c1-2-11(9-32)31-20(21(24,25)26)12(8-29-31)19-17(15-6-7-27-10-28-15)18(30-33-19)16-13(22)4-3-5-14(16)23/h3-8,10-11,32H,2,9H2,1H3. The second-order valence-electron chi connectivity index (χ2n) is 7.02. The van der Waals surface area contributed by atoms with Crippen LogP contribution in [0.15, 0.2) is 47.5 Å². The molecule has 0 aliphatic heterocycles. The molecule has 0 saturated carbocycles. The number of hydrogen-bond acceptors (Lipinski definition) is 6. The first-order chi connectivity index (χ1) is 15.8. The molecule has 12 heteroatoms. The molecule has 1 atom stereocenters. The first kappa shape index (κ1) is 22.9. The number of nitrogens with zero attached hydrogens (tertiary/aromatic N) is 5. The molecule has 4 rings (SSSR count). The van der Waals surface area contributed by atoms with Crippen molar-refractivity contribution in [3.05, 3.63) is 59.5 Å². The summed E-state index contributed by atoms with van der Waals surface area (Å²) in [4.78, 5) is 7.91. The number of aromatic nitrogens is 5. The number of alkyl halides is 3. The van der Waals surface area contributed by atoms with E-state index in [9.17, 15) is 22.7 Å². The van der Waals surface area contributed by atoms with Gasteiger partial charge in [0.25, 0.3) is 0 Å². The van der Waals surface area contributed by atoms with Crippen LogP contribution in [0.3, 0.4) is 0 Å². The average molecular weight is 482 g/mol. The molecule has 0 radical (unpaired) electrons. The first-order valence-corrected chi connectivity index (χ1v) is 10.1. The summed E-state index contributed by atoms with van der Waals surface area (Å²) >= 11 is 6.19. The lowest BCUT2D eigenvalue weighted by atomic mass is 9.99. The van der Waals surface area contributed by atoms with E-state index >= 15 is 0 Å².